The molecular formula is C17H15F2N3OS2. The summed E-state index contributed by atoms with van der Waals surface area (Å²) in [5, 5.41) is 3.82. The molecule has 3 aromatic rings. The third kappa shape index (κ3) is 3.64. The molecule has 0 spiro atoms. The Morgan fingerprint density at radius 1 is 1.24 bits per heavy atom. The van der Waals surface area contributed by atoms with E-state index in [4.69, 9.17) is 0 Å². The minimum absolute atomic E-state index is 0.215. The lowest BCUT2D eigenvalue weighted by Gasteiger charge is -2.12. The fourth-order valence-corrected chi connectivity index (χ4v) is 4.32. The largest absolute Gasteiger partial charge is 0.325 e. The Balaban J connectivity index is 1.79. The predicted molar refractivity (Wildman–Crippen MR) is 97.2 cm³/mol. The van der Waals surface area contributed by atoms with E-state index >= 15 is 0 Å². The maximum Gasteiger partial charge on any atom is 0.237 e. The number of amides is 1. The fraction of sp³-hybridized carbons (Fsp3) is 0.235. The van der Waals surface area contributed by atoms with Gasteiger partial charge < -0.3 is 5.32 Å². The van der Waals surface area contributed by atoms with Gasteiger partial charge in [-0.2, -0.15) is 0 Å². The number of aromatic nitrogens is 2. The van der Waals surface area contributed by atoms with Gasteiger partial charge in [0.05, 0.1) is 5.25 Å². The molecule has 0 saturated heterocycles. The van der Waals surface area contributed by atoms with Gasteiger partial charge in [-0.3, -0.25) is 4.79 Å². The molecule has 1 aromatic carbocycles. The monoisotopic (exact) mass is 379 g/mol. The van der Waals surface area contributed by atoms with Crippen molar-refractivity contribution in [2.75, 3.05) is 5.32 Å². The van der Waals surface area contributed by atoms with E-state index in [0.29, 0.717) is 0 Å². The summed E-state index contributed by atoms with van der Waals surface area (Å²) in [5.74, 6) is -2.26. The number of carbonyl (C=O) groups excluding carboxylic acids is 1. The first-order valence-corrected chi connectivity index (χ1v) is 9.19. The van der Waals surface area contributed by atoms with E-state index in [2.05, 4.69) is 15.3 Å². The van der Waals surface area contributed by atoms with Gasteiger partial charge in [-0.1, -0.05) is 11.8 Å². The molecule has 0 aliphatic rings. The maximum absolute atomic E-state index is 13.3. The molecule has 8 heteroatoms. The number of thioether (sulfide) groups is 1. The van der Waals surface area contributed by atoms with Gasteiger partial charge in [-0.15, -0.1) is 11.3 Å². The zero-order valence-electron chi connectivity index (χ0n) is 13.8. The van der Waals surface area contributed by atoms with Crippen LogP contribution in [0.5, 0.6) is 0 Å². The van der Waals surface area contributed by atoms with E-state index < -0.39 is 16.9 Å². The van der Waals surface area contributed by atoms with E-state index in [1.54, 1.807) is 18.3 Å². The number of anilines is 1. The van der Waals surface area contributed by atoms with Crippen LogP contribution < -0.4 is 5.32 Å². The smallest absolute Gasteiger partial charge is 0.237 e. The summed E-state index contributed by atoms with van der Waals surface area (Å²) < 4.78 is 26.2. The zero-order chi connectivity index (χ0) is 18.1. The minimum Gasteiger partial charge on any atom is -0.325 e. The Kier molecular flexibility index (Phi) is 5.01. The lowest BCUT2D eigenvalue weighted by molar-refractivity contribution is -0.115. The summed E-state index contributed by atoms with van der Waals surface area (Å²) in [6, 6.07) is 3.26. The van der Waals surface area contributed by atoms with Crippen LogP contribution in [0.4, 0.5) is 14.5 Å². The second-order valence-electron chi connectivity index (χ2n) is 5.52. The van der Waals surface area contributed by atoms with E-state index in [0.717, 1.165) is 37.8 Å². The molecule has 25 heavy (non-hydrogen) atoms. The quantitative estimate of drug-likeness (QED) is 0.527. The number of hydrogen-bond donors (Lipinski definition) is 1. The molecule has 4 nitrogen and oxygen atoms in total. The van der Waals surface area contributed by atoms with Gasteiger partial charge in [0, 0.05) is 22.0 Å². The number of nitrogens with zero attached hydrogens (tertiary/aromatic N) is 2. The number of aryl methyl sites for hydroxylation is 2. The maximum atomic E-state index is 13.3. The van der Waals surface area contributed by atoms with Crippen LogP contribution >= 0.6 is 23.1 Å². The molecule has 0 unspecified atom stereocenters. The summed E-state index contributed by atoms with van der Waals surface area (Å²) in [5.41, 5.74) is 1.32. The first kappa shape index (κ1) is 17.8. The van der Waals surface area contributed by atoms with Crippen molar-refractivity contribution < 1.29 is 13.6 Å². The summed E-state index contributed by atoms with van der Waals surface area (Å²) in [6.45, 7) is 5.77. The Bertz CT molecular complexity index is 958. The molecular weight excluding hydrogens is 364 g/mol. The third-order valence-electron chi connectivity index (χ3n) is 3.78. The van der Waals surface area contributed by atoms with Crippen LogP contribution in [0.15, 0.2) is 29.6 Å². The van der Waals surface area contributed by atoms with Crippen LogP contribution in [-0.4, -0.2) is 21.1 Å². The van der Waals surface area contributed by atoms with Gasteiger partial charge in [-0.05, 0) is 38.5 Å². The molecule has 0 bridgehead atoms. The molecule has 0 radical (unpaired) electrons. The first-order chi connectivity index (χ1) is 11.9. The van der Waals surface area contributed by atoms with Gasteiger partial charge in [0.25, 0.3) is 0 Å². The number of nitrogens with one attached hydrogen (secondary N) is 1. The summed E-state index contributed by atoms with van der Waals surface area (Å²) in [6.07, 6.45) is 1.49. The van der Waals surface area contributed by atoms with Crippen molar-refractivity contribution in [2.24, 2.45) is 0 Å². The molecule has 0 aliphatic carbocycles. The molecule has 0 aliphatic heterocycles. The second kappa shape index (κ2) is 7.05. The average Bonchev–Trinajstić information content (AvgIpc) is 2.86. The third-order valence-corrected chi connectivity index (χ3v) is 5.99. The van der Waals surface area contributed by atoms with Gasteiger partial charge in [0.15, 0.2) is 11.6 Å². The second-order valence-corrected chi connectivity index (χ2v) is 8.05. The first-order valence-electron chi connectivity index (χ1n) is 7.50. The van der Waals surface area contributed by atoms with Crippen molar-refractivity contribution >= 4 is 44.9 Å². The molecule has 0 fully saturated rings. The Morgan fingerprint density at radius 3 is 2.72 bits per heavy atom. The van der Waals surface area contributed by atoms with Gasteiger partial charge in [0.1, 0.15) is 16.2 Å². The minimum atomic E-state index is -1.00. The SMILES string of the molecule is Cc1sc2ncnc(S[C@H](C)C(=O)Nc3ccc(F)c(F)c3)c2c1C. The lowest BCUT2D eigenvalue weighted by atomic mass is 10.2. The molecule has 1 N–H and O–H groups in total. The van der Waals surface area contributed by atoms with E-state index in [1.807, 2.05) is 13.8 Å². The van der Waals surface area contributed by atoms with Crippen molar-refractivity contribution in [1.82, 2.24) is 9.97 Å². The topological polar surface area (TPSA) is 54.9 Å². The molecule has 130 valence electrons. The van der Waals surface area contributed by atoms with Crippen molar-refractivity contribution in [1.29, 1.82) is 0 Å². The summed E-state index contributed by atoms with van der Waals surface area (Å²) in [7, 11) is 0. The van der Waals surface area contributed by atoms with Crippen molar-refractivity contribution in [3.05, 3.63) is 46.6 Å². The van der Waals surface area contributed by atoms with Crippen LogP contribution in [0.3, 0.4) is 0 Å². The lowest BCUT2D eigenvalue weighted by Crippen LogP contribution is -2.22. The molecule has 0 saturated carbocycles. The highest BCUT2D eigenvalue weighted by molar-refractivity contribution is 8.00. The highest BCUT2D eigenvalue weighted by atomic mass is 32.2. The van der Waals surface area contributed by atoms with Crippen molar-refractivity contribution in [3.63, 3.8) is 0 Å². The van der Waals surface area contributed by atoms with Crippen molar-refractivity contribution in [2.45, 2.75) is 31.0 Å². The Morgan fingerprint density at radius 2 is 2.00 bits per heavy atom. The molecule has 1 amide bonds. The highest BCUT2D eigenvalue weighted by Crippen LogP contribution is 2.36. The average molecular weight is 379 g/mol. The number of thiophene rings is 1. The Hall–Kier alpha value is -2.06. The number of benzene rings is 1. The van der Waals surface area contributed by atoms with Crippen LogP contribution in [0.2, 0.25) is 0 Å². The highest BCUT2D eigenvalue weighted by Gasteiger charge is 2.19. The van der Waals surface area contributed by atoms with Crippen molar-refractivity contribution in [3.8, 4) is 0 Å². The van der Waals surface area contributed by atoms with Crippen LogP contribution in [0.1, 0.15) is 17.4 Å². The summed E-state index contributed by atoms with van der Waals surface area (Å²) >= 11 is 2.90. The molecule has 2 aromatic heterocycles. The molecule has 2 heterocycles. The van der Waals surface area contributed by atoms with E-state index in [9.17, 15) is 13.6 Å². The van der Waals surface area contributed by atoms with Crippen LogP contribution in [-0.2, 0) is 4.79 Å². The van der Waals surface area contributed by atoms with Crippen LogP contribution in [0, 0.1) is 25.5 Å². The number of hydrogen-bond acceptors (Lipinski definition) is 5. The van der Waals surface area contributed by atoms with E-state index in [-0.39, 0.29) is 11.6 Å². The predicted octanol–water partition coefficient (Wildman–Crippen LogP) is 4.71. The molecule has 1 atom stereocenters. The number of rotatable bonds is 4. The van der Waals surface area contributed by atoms with Gasteiger partial charge in [-0.25, -0.2) is 18.7 Å². The van der Waals surface area contributed by atoms with Gasteiger partial charge >= 0.3 is 0 Å². The number of halogens is 2. The Labute approximate surface area is 151 Å². The molecule has 3 rings (SSSR count). The standard InChI is InChI=1S/C17H15F2N3OS2/c1-8-9(2)24-16-14(8)17(21-7-20-16)25-10(3)15(23)22-11-4-5-12(18)13(19)6-11/h4-7,10H,1-3H3,(H,22,23)/t10-/m1/s1. The van der Waals surface area contributed by atoms with Crippen LogP contribution in [0.25, 0.3) is 10.2 Å². The zero-order valence-corrected chi connectivity index (χ0v) is 15.4. The number of fused-ring (bicyclic) bond motifs is 1. The van der Waals surface area contributed by atoms with E-state index in [1.165, 1.54) is 24.2 Å². The fourth-order valence-electron chi connectivity index (χ4n) is 2.28. The normalized spacial score (nSPS) is 12.4. The summed E-state index contributed by atoms with van der Waals surface area (Å²) in [4.78, 5) is 23.0. The number of carbonyl (C=O) groups is 1. The van der Waals surface area contributed by atoms with Gasteiger partial charge in [0.2, 0.25) is 5.91 Å².